The Balaban J connectivity index is 2.65. The Kier molecular flexibility index (Phi) is 5.88. The molecule has 1 aromatic rings. The Morgan fingerprint density at radius 1 is 1.29 bits per heavy atom. The SMILES string of the molecule is CCCCC(CC)Nc1ccc(OC)cc1C. The van der Waals surface area contributed by atoms with Gasteiger partial charge in [0.25, 0.3) is 0 Å². The second-order valence-electron chi connectivity index (χ2n) is 4.57. The van der Waals surface area contributed by atoms with Crippen LogP contribution in [0.25, 0.3) is 0 Å². The molecule has 0 heterocycles. The molecule has 17 heavy (non-hydrogen) atoms. The molecular formula is C15H25NO. The Hall–Kier alpha value is -1.18. The summed E-state index contributed by atoms with van der Waals surface area (Å²) < 4.78 is 5.22. The zero-order chi connectivity index (χ0) is 12.7. The van der Waals surface area contributed by atoms with Gasteiger partial charge in [-0.2, -0.15) is 0 Å². The third-order valence-corrected chi connectivity index (χ3v) is 3.19. The predicted molar refractivity (Wildman–Crippen MR) is 75.0 cm³/mol. The zero-order valence-electron chi connectivity index (χ0n) is 11.5. The minimum Gasteiger partial charge on any atom is -0.497 e. The molecule has 0 spiro atoms. The van der Waals surface area contributed by atoms with E-state index in [4.69, 9.17) is 4.74 Å². The van der Waals surface area contributed by atoms with Gasteiger partial charge in [-0.3, -0.25) is 0 Å². The lowest BCUT2D eigenvalue weighted by molar-refractivity contribution is 0.414. The van der Waals surface area contributed by atoms with Crippen LogP contribution in [-0.2, 0) is 0 Å². The van der Waals surface area contributed by atoms with Crippen molar-refractivity contribution in [3.8, 4) is 5.75 Å². The van der Waals surface area contributed by atoms with Crippen LogP contribution in [-0.4, -0.2) is 13.2 Å². The number of anilines is 1. The zero-order valence-corrected chi connectivity index (χ0v) is 11.5. The van der Waals surface area contributed by atoms with Crippen molar-refractivity contribution in [2.75, 3.05) is 12.4 Å². The van der Waals surface area contributed by atoms with E-state index in [-0.39, 0.29) is 0 Å². The molecule has 1 rings (SSSR count). The van der Waals surface area contributed by atoms with Gasteiger partial charge in [0.1, 0.15) is 5.75 Å². The van der Waals surface area contributed by atoms with Gasteiger partial charge in [-0.05, 0) is 43.5 Å². The van der Waals surface area contributed by atoms with Crippen molar-refractivity contribution in [3.63, 3.8) is 0 Å². The largest absolute Gasteiger partial charge is 0.497 e. The van der Waals surface area contributed by atoms with Gasteiger partial charge in [-0.15, -0.1) is 0 Å². The van der Waals surface area contributed by atoms with E-state index in [1.165, 1.54) is 36.9 Å². The summed E-state index contributed by atoms with van der Waals surface area (Å²) >= 11 is 0. The molecule has 1 N–H and O–H groups in total. The van der Waals surface area contributed by atoms with Gasteiger partial charge < -0.3 is 10.1 Å². The van der Waals surface area contributed by atoms with Crippen LogP contribution < -0.4 is 10.1 Å². The maximum atomic E-state index is 5.22. The molecule has 0 saturated heterocycles. The van der Waals surface area contributed by atoms with Crippen LogP contribution in [0.2, 0.25) is 0 Å². The van der Waals surface area contributed by atoms with Gasteiger partial charge in [0.2, 0.25) is 0 Å². The van der Waals surface area contributed by atoms with Crippen LogP contribution in [0.15, 0.2) is 18.2 Å². The lowest BCUT2D eigenvalue weighted by Gasteiger charge is -2.19. The van der Waals surface area contributed by atoms with Gasteiger partial charge in [-0.25, -0.2) is 0 Å². The molecule has 1 aromatic carbocycles. The first kappa shape index (κ1) is 13.9. The van der Waals surface area contributed by atoms with Crippen LogP contribution >= 0.6 is 0 Å². The summed E-state index contributed by atoms with van der Waals surface area (Å²) in [7, 11) is 1.71. The van der Waals surface area contributed by atoms with Crippen molar-refractivity contribution >= 4 is 5.69 Å². The van der Waals surface area contributed by atoms with E-state index in [1.807, 2.05) is 6.07 Å². The number of hydrogen-bond donors (Lipinski definition) is 1. The number of benzene rings is 1. The number of aryl methyl sites for hydroxylation is 1. The van der Waals surface area contributed by atoms with Crippen molar-refractivity contribution in [1.82, 2.24) is 0 Å². The fraction of sp³-hybridized carbons (Fsp3) is 0.600. The summed E-state index contributed by atoms with van der Waals surface area (Å²) in [5, 5.41) is 3.63. The van der Waals surface area contributed by atoms with Gasteiger partial charge in [0.15, 0.2) is 0 Å². The molecule has 0 fully saturated rings. The van der Waals surface area contributed by atoms with E-state index in [2.05, 4.69) is 38.2 Å². The Morgan fingerprint density at radius 3 is 2.59 bits per heavy atom. The number of nitrogens with one attached hydrogen (secondary N) is 1. The molecule has 1 unspecified atom stereocenters. The summed E-state index contributed by atoms with van der Waals surface area (Å²) in [6, 6.07) is 6.79. The van der Waals surface area contributed by atoms with Gasteiger partial charge in [-0.1, -0.05) is 26.7 Å². The van der Waals surface area contributed by atoms with Crippen LogP contribution in [0, 0.1) is 6.92 Å². The highest BCUT2D eigenvalue weighted by molar-refractivity contribution is 5.54. The summed E-state index contributed by atoms with van der Waals surface area (Å²) in [6.07, 6.45) is 4.98. The van der Waals surface area contributed by atoms with Crippen LogP contribution in [0.4, 0.5) is 5.69 Å². The number of unbranched alkanes of at least 4 members (excludes halogenated alkanes) is 1. The maximum Gasteiger partial charge on any atom is 0.119 e. The molecule has 0 saturated carbocycles. The maximum absolute atomic E-state index is 5.22. The summed E-state index contributed by atoms with van der Waals surface area (Å²) in [4.78, 5) is 0. The average Bonchev–Trinajstić information content (AvgIpc) is 2.36. The van der Waals surface area contributed by atoms with E-state index in [0.29, 0.717) is 6.04 Å². The van der Waals surface area contributed by atoms with E-state index in [0.717, 1.165) is 5.75 Å². The Labute approximate surface area is 105 Å². The molecule has 0 amide bonds. The first-order valence-corrected chi connectivity index (χ1v) is 6.62. The lowest BCUT2D eigenvalue weighted by Crippen LogP contribution is -2.18. The number of ether oxygens (including phenoxy) is 1. The average molecular weight is 235 g/mol. The van der Waals surface area contributed by atoms with E-state index in [1.54, 1.807) is 7.11 Å². The number of methoxy groups -OCH3 is 1. The van der Waals surface area contributed by atoms with E-state index < -0.39 is 0 Å². The minimum absolute atomic E-state index is 0.585. The van der Waals surface area contributed by atoms with Crippen molar-refractivity contribution in [2.45, 2.75) is 52.5 Å². The molecule has 0 bridgehead atoms. The standard InChI is InChI=1S/C15H25NO/c1-5-7-8-13(6-2)16-15-10-9-14(17-4)11-12(15)3/h9-11,13,16H,5-8H2,1-4H3. The van der Waals surface area contributed by atoms with Crippen LogP contribution in [0.1, 0.15) is 45.1 Å². The highest BCUT2D eigenvalue weighted by atomic mass is 16.5. The van der Waals surface area contributed by atoms with Crippen LogP contribution in [0.5, 0.6) is 5.75 Å². The predicted octanol–water partition coefficient (Wildman–Crippen LogP) is 4.38. The molecule has 0 aliphatic rings. The molecule has 2 heteroatoms. The number of hydrogen-bond acceptors (Lipinski definition) is 2. The van der Waals surface area contributed by atoms with Crippen molar-refractivity contribution in [1.29, 1.82) is 0 Å². The highest BCUT2D eigenvalue weighted by Crippen LogP contribution is 2.23. The van der Waals surface area contributed by atoms with E-state index in [9.17, 15) is 0 Å². The lowest BCUT2D eigenvalue weighted by atomic mass is 10.1. The topological polar surface area (TPSA) is 21.3 Å². The molecule has 0 aliphatic carbocycles. The Morgan fingerprint density at radius 2 is 2.06 bits per heavy atom. The molecular weight excluding hydrogens is 210 g/mol. The van der Waals surface area contributed by atoms with Crippen LogP contribution in [0.3, 0.4) is 0 Å². The van der Waals surface area contributed by atoms with Crippen molar-refractivity contribution < 1.29 is 4.74 Å². The second kappa shape index (κ2) is 7.21. The minimum atomic E-state index is 0.585. The second-order valence-corrected chi connectivity index (χ2v) is 4.57. The first-order valence-electron chi connectivity index (χ1n) is 6.62. The van der Waals surface area contributed by atoms with E-state index >= 15 is 0 Å². The summed E-state index contributed by atoms with van der Waals surface area (Å²) in [5.74, 6) is 0.926. The summed E-state index contributed by atoms with van der Waals surface area (Å²) in [6.45, 7) is 6.61. The molecule has 0 aromatic heterocycles. The van der Waals surface area contributed by atoms with Gasteiger partial charge in [0, 0.05) is 11.7 Å². The fourth-order valence-electron chi connectivity index (χ4n) is 1.97. The Bertz CT molecular complexity index is 336. The normalized spacial score (nSPS) is 12.2. The van der Waals surface area contributed by atoms with Gasteiger partial charge in [0.05, 0.1) is 7.11 Å². The monoisotopic (exact) mass is 235 g/mol. The quantitative estimate of drug-likeness (QED) is 0.757. The smallest absolute Gasteiger partial charge is 0.119 e. The van der Waals surface area contributed by atoms with Gasteiger partial charge >= 0.3 is 0 Å². The third kappa shape index (κ3) is 4.29. The molecule has 1 atom stereocenters. The molecule has 0 radical (unpaired) electrons. The molecule has 2 nitrogen and oxygen atoms in total. The highest BCUT2D eigenvalue weighted by Gasteiger charge is 2.07. The first-order chi connectivity index (χ1) is 8.21. The fourth-order valence-corrected chi connectivity index (χ4v) is 1.97. The molecule has 0 aliphatic heterocycles. The molecule has 96 valence electrons. The van der Waals surface area contributed by atoms with Crippen molar-refractivity contribution in [3.05, 3.63) is 23.8 Å². The number of rotatable bonds is 7. The summed E-state index contributed by atoms with van der Waals surface area (Å²) in [5.41, 5.74) is 2.48. The third-order valence-electron chi connectivity index (χ3n) is 3.19. The van der Waals surface area contributed by atoms with Crippen molar-refractivity contribution in [2.24, 2.45) is 0 Å².